The van der Waals surface area contributed by atoms with Gasteiger partial charge in [-0.2, -0.15) is 0 Å². The molecule has 1 aromatic heterocycles. The zero-order valence-corrected chi connectivity index (χ0v) is 14.3. The van der Waals surface area contributed by atoms with Crippen molar-refractivity contribution in [2.45, 2.75) is 38.8 Å². The van der Waals surface area contributed by atoms with E-state index < -0.39 is 5.54 Å². The number of carbonyl (C=O) groups excluding carboxylic acids is 1. The van der Waals surface area contributed by atoms with Gasteiger partial charge < -0.3 is 9.15 Å². The van der Waals surface area contributed by atoms with Gasteiger partial charge in [0.15, 0.2) is 5.54 Å². The normalized spacial score (nSPS) is 15.7. The Morgan fingerprint density at radius 1 is 1.48 bits per heavy atom. The number of nitrogens with one attached hydrogen (secondary N) is 1. The van der Waals surface area contributed by atoms with Gasteiger partial charge in [0, 0.05) is 15.9 Å². The van der Waals surface area contributed by atoms with Crippen molar-refractivity contribution in [1.29, 1.82) is 0 Å². The summed E-state index contributed by atoms with van der Waals surface area (Å²) >= 11 is 3.44. The Hall–Kier alpha value is -1.33. The minimum Gasteiger partial charge on any atom is -0.467 e. The van der Waals surface area contributed by atoms with Gasteiger partial charge in [-0.1, -0.05) is 22.9 Å². The Bertz CT molecular complexity index is 652. The highest BCUT2D eigenvalue weighted by Crippen LogP contribution is 2.31. The van der Waals surface area contributed by atoms with Crippen LogP contribution in [0.1, 0.15) is 33.0 Å². The van der Waals surface area contributed by atoms with E-state index in [1.807, 2.05) is 31.2 Å². The van der Waals surface area contributed by atoms with Gasteiger partial charge in [0.2, 0.25) is 0 Å². The van der Waals surface area contributed by atoms with Crippen molar-refractivity contribution in [3.8, 4) is 0 Å². The van der Waals surface area contributed by atoms with E-state index in [1.165, 1.54) is 7.11 Å². The molecule has 2 rings (SSSR count). The molecule has 4 nitrogen and oxygen atoms in total. The topological polar surface area (TPSA) is 51.5 Å². The average Bonchev–Trinajstić information content (AvgIpc) is 2.89. The lowest BCUT2D eigenvalue weighted by Crippen LogP contribution is -2.50. The molecule has 0 amide bonds. The fourth-order valence-electron chi connectivity index (χ4n) is 2.29. The number of carbonyl (C=O) groups is 1. The fourth-order valence-corrected chi connectivity index (χ4v) is 2.67. The molecular weight excluding hydrogens is 334 g/mol. The third-order valence-electron chi connectivity index (χ3n) is 3.71. The van der Waals surface area contributed by atoms with E-state index in [1.54, 1.807) is 6.92 Å². The average molecular weight is 354 g/mol. The van der Waals surface area contributed by atoms with Crippen molar-refractivity contribution in [2.24, 2.45) is 0 Å². The zero-order valence-electron chi connectivity index (χ0n) is 12.7. The largest absolute Gasteiger partial charge is 0.467 e. The second kappa shape index (κ2) is 6.20. The van der Waals surface area contributed by atoms with Crippen LogP contribution in [0.25, 0.3) is 11.0 Å². The summed E-state index contributed by atoms with van der Waals surface area (Å²) in [5.74, 6) is 0.198. The Balaban J connectivity index is 2.49. The van der Waals surface area contributed by atoms with Crippen LogP contribution in [-0.2, 0) is 15.1 Å². The molecular formula is C16H20BrNO3. The minimum absolute atomic E-state index is 0.161. The predicted octanol–water partition coefficient (Wildman–Crippen LogP) is 3.97. The maximum atomic E-state index is 12.3. The number of hydrogen-bond donors (Lipinski definition) is 1. The molecule has 0 aliphatic heterocycles. The van der Waals surface area contributed by atoms with E-state index in [4.69, 9.17) is 9.15 Å². The van der Waals surface area contributed by atoms with Crippen molar-refractivity contribution in [1.82, 2.24) is 5.32 Å². The molecule has 0 aliphatic rings. The molecule has 1 heterocycles. The van der Waals surface area contributed by atoms with Gasteiger partial charge >= 0.3 is 5.97 Å². The van der Waals surface area contributed by atoms with Crippen molar-refractivity contribution in [3.05, 3.63) is 34.5 Å². The van der Waals surface area contributed by atoms with Crippen molar-refractivity contribution >= 4 is 32.9 Å². The van der Waals surface area contributed by atoms with Gasteiger partial charge in [0.1, 0.15) is 11.3 Å². The third kappa shape index (κ3) is 3.14. The van der Waals surface area contributed by atoms with Crippen molar-refractivity contribution in [3.63, 3.8) is 0 Å². The maximum absolute atomic E-state index is 12.3. The van der Waals surface area contributed by atoms with Gasteiger partial charge in [-0.3, -0.25) is 5.32 Å². The number of halogens is 1. The molecule has 21 heavy (non-hydrogen) atoms. The summed E-state index contributed by atoms with van der Waals surface area (Å²) in [6.45, 7) is 5.88. The lowest BCUT2D eigenvalue weighted by Gasteiger charge is -2.29. The van der Waals surface area contributed by atoms with Gasteiger partial charge in [0.05, 0.1) is 7.11 Å². The molecule has 0 spiro atoms. The number of hydrogen-bond acceptors (Lipinski definition) is 4. The molecule has 5 heteroatoms. The Kier molecular flexibility index (Phi) is 4.74. The molecule has 2 atom stereocenters. The SMILES string of the molecule is CCC(C)NC(C)(C(=O)OC)c1cc2cc(Br)ccc2o1. The quantitative estimate of drug-likeness (QED) is 0.826. The zero-order chi connectivity index (χ0) is 15.6. The summed E-state index contributed by atoms with van der Waals surface area (Å²) in [4.78, 5) is 12.3. The van der Waals surface area contributed by atoms with E-state index in [2.05, 4.69) is 28.2 Å². The first kappa shape index (κ1) is 16.0. The van der Waals surface area contributed by atoms with Crippen LogP contribution >= 0.6 is 15.9 Å². The van der Waals surface area contributed by atoms with Gasteiger partial charge in [-0.25, -0.2) is 4.79 Å². The molecule has 2 unspecified atom stereocenters. The highest BCUT2D eigenvalue weighted by molar-refractivity contribution is 9.10. The van der Waals surface area contributed by atoms with Gasteiger partial charge in [0.25, 0.3) is 0 Å². The summed E-state index contributed by atoms with van der Waals surface area (Å²) in [5, 5.41) is 4.25. The first-order valence-electron chi connectivity index (χ1n) is 6.96. The fraction of sp³-hybridized carbons (Fsp3) is 0.438. The first-order chi connectivity index (χ1) is 9.90. The summed E-state index contributed by atoms with van der Waals surface area (Å²) in [7, 11) is 1.39. The Morgan fingerprint density at radius 2 is 2.19 bits per heavy atom. The van der Waals surface area contributed by atoms with E-state index in [-0.39, 0.29) is 12.0 Å². The Labute approximate surface area is 133 Å². The summed E-state index contributed by atoms with van der Waals surface area (Å²) in [5.41, 5.74) is -0.260. The Morgan fingerprint density at radius 3 is 2.81 bits per heavy atom. The van der Waals surface area contributed by atoms with Crippen LogP contribution in [0.3, 0.4) is 0 Å². The van der Waals surface area contributed by atoms with Crippen LogP contribution in [-0.4, -0.2) is 19.1 Å². The van der Waals surface area contributed by atoms with Gasteiger partial charge in [-0.05, 0) is 44.5 Å². The monoisotopic (exact) mass is 353 g/mol. The highest BCUT2D eigenvalue weighted by atomic mass is 79.9. The number of ether oxygens (including phenoxy) is 1. The molecule has 1 N–H and O–H groups in total. The number of furan rings is 1. The summed E-state index contributed by atoms with van der Waals surface area (Å²) in [6, 6.07) is 7.79. The molecule has 1 aromatic carbocycles. The van der Waals surface area contributed by atoms with Crippen LogP contribution in [0.2, 0.25) is 0 Å². The molecule has 114 valence electrons. The first-order valence-corrected chi connectivity index (χ1v) is 7.75. The number of rotatable bonds is 5. The molecule has 0 fully saturated rings. The van der Waals surface area contributed by atoms with E-state index in [0.29, 0.717) is 5.76 Å². The van der Waals surface area contributed by atoms with Crippen LogP contribution in [0.5, 0.6) is 0 Å². The molecule has 2 aromatic rings. The third-order valence-corrected chi connectivity index (χ3v) is 4.21. The lowest BCUT2D eigenvalue weighted by molar-refractivity contribution is -0.149. The van der Waals surface area contributed by atoms with Crippen LogP contribution in [0.15, 0.2) is 33.2 Å². The summed E-state index contributed by atoms with van der Waals surface area (Å²) < 4.78 is 11.8. The smallest absolute Gasteiger partial charge is 0.333 e. The van der Waals surface area contributed by atoms with E-state index in [0.717, 1.165) is 21.9 Å². The maximum Gasteiger partial charge on any atom is 0.333 e. The number of esters is 1. The van der Waals surface area contributed by atoms with E-state index >= 15 is 0 Å². The number of fused-ring (bicyclic) bond motifs is 1. The van der Waals surface area contributed by atoms with E-state index in [9.17, 15) is 4.79 Å². The second-order valence-corrected chi connectivity index (χ2v) is 6.28. The molecule has 0 saturated heterocycles. The van der Waals surface area contributed by atoms with Crippen LogP contribution in [0.4, 0.5) is 0 Å². The molecule has 0 aliphatic carbocycles. The molecule has 0 saturated carbocycles. The number of methoxy groups -OCH3 is 1. The molecule has 0 radical (unpaired) electrons. The lowest BCUT2D eigenvalue weighted by atomic mass is 9.97. The standard InChI is InChI=1S/C16H20BrNO3/c1-5-10(2)18-16(3,15(19)20-4)14-9-11-8-12(17)6-7-13(11)21-14/h6-10,18H,5H2,1-4H3. The predicted molar refractivity (Wildman–Crippen MR) is 86.2 cm³/mol. The number of benzene rings is 1. The van der Waals surface area contributed by atoms with Crippen LogP contribution in [0, 0.1) is 0 Å². The molecule has 0 bridgehead atoms. The van der Waals surface area contributed by atoms with Gasteiger partial charge in [-0.15, -0.1) is 0 Å². The van der Waals surface area contributed by atoms with Crippen molar-refractivity contribution < 1.29 is 13.9 Å². The second-order valence-electron chi connectivity index (χ2n) is 5.36. The van der Waals surface area contributed by atoms with Crippen molar-refractivity contribution in [2.75, 3.05) is 7.11 Å². The summed E-state index contributed by atoms with van der Waals surface area (Å²) in [6.07, 6.45) is 0.901. The minimum atomic E-state index is -1.00. The highest BCUT2D eigenvalue weighted by Gasteiger charge is 2.40. The van der Waals surface area contributed by atoms with Crippen LogP contribution < -0.4 is 5.32 Å².